The summed E-state index contributed by atoms with van der Waals surface area (Å²) in [7, 11) is 1.54. The lowest BCUT2D eigenvalue weighted by atomic mass is 10.2. The molecule has 0 atom stereocenters. The van der Waals surface area contributed by atoms with Crippen molar-refractivity contribution in [1.29, 1.82) is 0 Å². The van der Waals surface area contributed by atoms with E-state index in [2.05, 4.69) is 20.6 Å². The third-order valence-electron chi connectivity index (χ3n) is 3.36. The van der Waals surface area contributed by atoms with Gasteiger partial charge in [-0.25, -0.2) is 9.97 Å². The first-order chi connectivity index (χ1) is 12.2. The van der Waals surface area contributed by atoms with Crippen molar-refractivity contribution in [3.8, 4) is 5.75 Å². The maximum Gasteiger partial charge on any atom is 0.274 e. The monoisotopic (exact) mass is 354 g/mol. The van der Waals surface area contributed by atoms with Gasteiger partial charge in [0.15, 0.2) is 0 Å². The zero-order valence-corrected chi connectivity index (χ0v) is 14.1. The van der Waals surface area contributed by atoms with Crippen LogP contribution in [0.1, 0.15) is 10.5 Å². The molecule has 0 aliphatic rings. The van der Waals surface area contributed by atoms with E-state index in [0.29, 0.717) is 22.1 Å². The van der Waals surface area contributed by atoms with Crippen molar-refractivity contribution >= 4 is 34.8 Å². The smallest absolute Gasteiger partial charge is 0.274 e. The van der Waals surface area contributed by atoms with Crippen LogP contribution in [0.25, 0.3) is 0 Å². The highest BCUT2D eigenvalue weighted by atomic mass is 35.5. The summed E-state index contributed by atoms with van der Waals surface area (Å²) in [5, 5.41) is 6.30. The van der Waals surface area contributed by atoms with Gasteiger partial charge in [-0.1, -0.05) is 35.9 Å². The number of anilines is 3. The van der Waals surface area contributed by atoms with Gasteiger partial charge < -0.3 is 15.4 Å². The molecule has 25 heavy (non-hydrogen) atoms. The van der Waals surface area contributed by atoms with Crippen molar-refractivity contribution in [2.75, 3.05) is 17.7 Å². The molecule has 0 aliphatic heterocycles. The van der Waals surface area contributed by atoms with E-state index in [-0.39, 0.29) is 17.5 Å². The first-order valence-corrected chi connectivity index (χ1v) is 7.84. The van der Waals surface area contributed by atoms with Crippen molar-refractivity contribution in [1.82, 2.24) is 9.97 Å². The van der Waals surface area contributed by atoms with Gasteiger partial charge in [-0.3, -0.25) is 4.79 Å². The molecule has 0 saturated heterocycles. The highest BCUT2D eigenvalue weighted by Gasteiger charge is 2.12. The van der Waals surface area contributed by atoms with E-state index >= 15 is 0 Å². The van der Waals surface area contributed by atoms with Gasteiger partial charge in [0.05, 0.1) is 23.5 Å². The molecule has 1 amide bonds. The molecule has 1 heterocycles. The fraction of sp³-hybridized carbons (Fsp3) is 0.0556. The summed E-state index contributed by atoms with van der Waals surface area (Å²) in [4.78, 5) is 20.8. The molecule has 0 fully saturated rings. The fourth-order valence-electron chi connectivity index (χ4n) is 2.16. The maximum atomic E-state index is 12.4. The molecule has 6 nitrogen and oxygen atoms in total. The quantitative estimate of drug-likeness (QED) is 0.720. The van der Waals surface area contributed by atoms with E-state index in [0.717, 1.165) is 0 Å². The minimum absolute atomic E-state index is 0.218. The van der Waals surface area contributed by atoms with Gasteiger partial charge in [-0.2, -0.15) is 0 Å². The summed E-state index contributed by atoms with van der Waals surface area (Å²) >= 11 is 6.11. The van der Waals surface area contributed by atoms with Crippen molar-refractivity contribution in [2.24, 2.45) is 0 Å². The molecular weight excluding hydrogens is 340 g/mol. The third kappa shape index (κ3) is 4.05. The van der Waals surface area contributed by atoms with Crippen LogP contribution in [0.3, 0.4) is 0 Å². The Morgan fingerprint density at radius 3 is 2.52 bits per heavy atom. The number of rotatable bonds is 5. The Morgan fingerprint density at radius 2 is 1.76 bits per heavy atom. The SMILES string of the molecule is COc1ccccc1NC(=O)c1ccnc(Nc2ccccc2Cl)n1. The lowest BCUT2D eigenvalue weighted by Gasteiger charge is -2.10. The minimum atomic E-state index is -0.367. The summed E-state index contributed by atoms with van der Waals surface area (Å²) in [6, 6.07) is 15.9. The second-order valence-corrected chi connectivity index (χ2v) is 5.43. The minimum Gasteiger partial charge on any atom is -0.495 e. The zero-order valence-electron chi connectivity index (χ0n) is 13.4. The fourth-order valence-corrected chi connectivity index (χ4v) is 2.35. The molecule has 0 aliphatic carbocycles. The predicted octanol–water partition coefficient (Wildman–Crippen LogP) is 4.13. The lowest BCUT2D eigenvalue weighted by molar-refractivity contribution is 0.102. The molecule has 0 spiro atoms. The standard InChI is InChI=1S/C18H15ClN4O2/c1-25-16-9-5-4-8-14(16)21-17(24)15-10-11-20-18(23-15)22-13-7-3-2-6-12(13)19/h2-11H,1H3,(H,21,24)(H,20,22,23). The van der Waals surface area contributed by atoms with Crippen LogP contribution in [0.5, 0.6) is 5.75 Å². The van der Waals surface area contributed by atoms with Crippen LogP contribution in [-0.2, 0) is 0 Å². The van der Waals surface area contributed by atoms with Crippen LogP contribution in [0.15, 0.2) is 60.8 Å². The number of para-hydroxylation sites is 3. The normalized spacial score (nSPS) is 10.2. The summed E-state index contributed by atoms with van der Waals surface area (Å²) < 4.78 is 5.22. The molecule has 0 unspecified atom stereocenters. The Kier molecular flexibility index (Phi) is 5.11. The van der Waals surface area contributed by atoms with Crippen LogP contribution in [-0.4, -0.2) is 23.0 Å². The molecule has 3 aromatic rings. The van der Waals surface area contributed by atoms with Crippen LogP contribution in [0, 0.1) is 0 Å². The number of ether oxygens (including phenoxy) is 1. The number of carbonyl (C=O) groups is 1. The molecule has 126 valence electrons. The summed E-state index contributed by atoms with van der Waals surface area (Å²) in [5.74, 6) is 0.481. The van der Waals surface area contributed by atoms with Gasteiger partial charge in [-0.15, -0.1) is 0 Å². The van der Waals surface area contributed by atoms with Gasteiger partial charge in [0.2, 0.25) is 5.95 Å². The number of hydrogen-bond donors (Lipinski definition) is 2. The highest BCUT2D eigenvalue weighted by molar-refractivity contribution is 6.33. The van der Waals surface area contributed by atoms with E-state index in [1.807, 2.05) is 24.3 Å². The Balaban J connectivity index is 1.79. The largest absolute Gasteiger partial charge is 0.495 e. The van der Waals surface area contributed by atoms with Crippen molar-refractivity contribution < 1.29 is 9.53 Å². The van der Waals surface area contributed by atoms with Crippen molar-refractivity contribution in [2.45, 2.75) is 0 Å². The molecule has 7 heteroatoms. The Hall–Kier alpha value is -3.12. The van der Waals surface area contributed by atoms with Crippen molar-refractivity contribution in [3.63, 3.8) is 0 Å². The number of halogens is 1. The van der Waals surface area contributed by atoms with Crippen LogP contribution in [0.4, 0.5) is 17.3 Å². The van der Waals surface area contributed by atoms with Gasteiger partial charge in [0, 0.05) is 6.20 Å². The van der Waals surface area contributed by atoms with Crippen LogP contribution in [0.2, 0.25) is 5.02 Å². The van der Waals surface area contributed by atoms with Crippen LogP contribution < -0.4 is 15.4 Å². The molecule has 3 rings (SSSR count). The number of aromatic nitrogens is 2. The number of carbonyl (C=O) groups excluding carboxylic acids is 1. The molecule has 1 aromatic heterocycles. The third-order valence-corrected chi connectivity index (χ3v) is 3.69. The second-order valence-electron chi connectivity index (χ2n) is 5.02. The topological polar surface area (TPSA) is 76.1 Å². The Morgan fingerprint density at radius 1 is 1.04 bits per heavy atom. The number of nitrogens with zero attached hydrogens (tertiary/aromatic N) is 2. The van der Waals surface area contributed by atoms with Gasteiger partial charge >= 0.3 is 0 Å². The summed E-state index contributed by atoms with van der Waals surface area (Å²) in [6.45, 7) is 0. The molecule has 0 saturated carbocycles. The number of methoxy groups -OCH3 is 1. The summed E-state index contributed by atoms with van der Waals surface area (Å²) in [5.41, 5.74) is 1.44. The molecule has 0 radical (unpaired) electrons. The predicted molar refractivity (Wildman–Crippen MR) is 97.7 cm³/mol. The average Bonchev–Trinajstić information content (AvgIpc) is 2.64. The second kappa shape index (κ2) is 7.63. The molecule has 2 N–H and O–H groups in total. The van der Waals surface area contributed by atoms with E-state index in [4.69, 9.17) is 16.3 Å². The number of hydrogen-bond acceptors (Lipinski definition) is 5. The lowest BCUT2D eigenvalue weighted by Crippen LogP contribution is -2.15. The number of benzene rings is 2. The zero-order chi connectivity index (χ0) is 17.6. The van der Waals surface area contributed by atoms with E-state index in [1.54, 1.807) is 31.4 Å². The van der Waals surface area contributed by atoms with E-state index in [9.17, 15) is 4.79 Å². The number of amides is 1. The van der Waals surface area contributed by atoms with Crippen molar-refractivity contribution in [3.05, 3.63) is 71.5 Å². The van der Waals surface area contributed by atoms with Gasteiger partial charge in [0.25, 0.3) is 5.91 Å². The maximum absolute atomic E-state index is 12.4. The van der Waals surface area contributed by atoms with E-state index < -0.39 is 0 Å². The van der Waals surface area contributed by atoms with Gasteiger partial charge in [-0.05, 0) is 30.3 Å². The van der Waals surface area contributed by atoms with Crippen LogP contribution >= 0.6 is 11.6 Å². The van der Waals surface area contributed by atoms with Gasteiger partial charge in [0.1, 0.15) is 11.4 Å². The summed E-state index contributed by atoms with van der Waals surface area (Å²) in [6.07, 6.45) is 1.50. The van der Waals surface area contributed by atoms with E-state index in [1.165, 1.54) is 12.3 Å². The number of nitrogens with one attached hydrogen (secondary N) is 2. The Bertz CT molecular complexity index is 902. The highest BCUT2D eigenvalue weighted by Crippen LogP contribution is 2.24. The molecule has 2 aromatic carbocycles. The first kappa shape index (κ1) is 16.7. The Labute approximate surface area is 149 Å². The first-order valence-electron chi connectivity index (χ1n) is 7.46. The average molecular weight is 355 g/mol. The molecular formula is C18H15ClN4O2. The molecule has 0 bridgehead atoms.